The maximum atomic E-state index is 9.10. The fourth-order valence-corrected chi connectivity index (χ4v) is 1.97. The maximum Gasteiger partial charge on any atom is 0.191 e. The van der Waals surface area contributed by atoms with Crippen LogP contribution in [0.3, 0.4) is 0 Å². The minimum Gasteiger partial charge on any atom is -0.416 e. The Morgan fingerprint density at radius 1 is 1.40 bits per heavy atom. The summed E-state index contributed by atoms with van der Waals surface area (Å²) < 4.78 is 5.98. The molecule has 88 valence electrons. The van der Waals surface area contributed by atoms with Crippen molar-refractivity contribution >= 4 is 8.32 Å². The molecule has 0 spiro atoms. The molecule has 0 rings (SSSR count). The highest BCUT2D eigenvalue weighted by Gasteiger charge is 2.37. The minimum absolute atomic E-state index is 0.0872. The summed E-state index contributed by atoms with van der Waals surface area (Å²) in [6.07, 6.45) is 5.81. The largest absolute Gasteiger partial charge is 0.416 e. The fourth-order valence-electron chi connectivity index (χ4n) is 0.886. The first-order valence-corrected chi connectivity index (χ1v) is 8.33. The van der Waals surface area contributed by atoms with Gasteiger partial charge in [0.2, 0.25) is 0 Å². The Bertz CT molecular complexity index is 223. The van der Waals surface area contributed by atoms with Crippen LogP contribution < -0.4 is 0 Å². The van der Waals surface area contributed by atoms with E-state index in [0.29, 0.717) is 13.0 Å². The zero-order chi connectivity index (χ0) is 12.1. The summed E-state index contributed by atoms with van der Waals surface area (Å²) in [5, 5.41) is 9.31. The summed E-state index contributed by atoms with van der Waals surface area (Å²) in [4.78, 5) is 0. The van der Waals surface area contributed by atoms with Crippen LogP contribution in [0.25, 0.3) is 0 Å². The van der Waals surface area contributed by atoms with Gasteiger partial charge in [0.1, 0.15) is 0 Å². The second-order valence-corrected chi connectivity index (χ2v) is 10.3. The normalized spacial score (nSPS) is 14.7. The number of terminal acetylenes is 1. The van der Waals surface area contributed by atoms with Crippen molar-refractivity contribution in [1.29, 1.82) is 0 Å². The van der Waals surface area contributed by atoms with E-state index in [9.17, 15) is 0 Å². The molecule has 15 heavy (non-hydrogen) atoms. The summed E-state index contributed by atoms with van der Waals surface area (Å²) >= 11 is 0. The van der Waals surface area contributed by atoms with Crippen LogP contribution in [-0.4, -0.2) is 26.6 Å². The monoisotopic (exact) mass is 228 g/mol. The molecule has 1 N–H and O–H groups in total. The summed E-state index contributed by atoms with van der Waals surface area (Å²) in [6, 6.07) is 0. The van der Waals surface area contributed by atoms with Crippen LogP contribution in [0.15, 0.2) is 0 Å². The molecule has 0 aliphatic carbocycles. The molecule has 0 amide bonds. The lowest BCUT2D eigenvalue weighted by atomic mass is 10.1. The van der Waals surface area contributed by atoms with Crippen molar-refractivity contribution < 1.29 is 9.53 Å². The van der Waals surface area contributed by atoms with E-state index >= 15 is 0 Å². The van der Waals surface area contributed by atoms with Crippen LogP contribution in [0.4, 0.5) is 0 Å². The van der Waals surface area contributed by atoms with Crippen LogP contribution in [0, 0.1) is 18.3 Å². The zero-order valence-corrected chi connectivity index (χ0v) is 11.6. The zero-order valence-electron chi connectivity index (χ0n) is 10.6. The molecule has 2 nitrogen and oxygen atoms in total. The number of hydrogen-bond donors (Lipinski definition) is 1. The van der Waals surface area contributed by atoms with Gasteiger partial charge in [-0.05, 0) is 18.1 Å². The number of rotatable bonds is 5. The highest BCUT2D eigenvalue weighted by molar-refractivity contribution is 6.74. The Balaban J connectivity index is 4.20. The topological polar surface area (TPSA) is 29.5 Å². The Hall–Kier alpha value is -0.303. The molecule has 3 heteroatoms. The van der Waals surface area contributed by atoms with Gasteiger partial charge in [-0.15, -0.1) is 12.3 Å². The molecule has 1 unspecified atom stereocenters. The highest BCUT2D eigenvalue weighted by atomic mass is 28.4. The van der Waals surface area contributed by atoms with Gasteiger partial charge in [-0.2, -0.15) is 0 Å². The Morgan fingerprint density at radius 3 is 2.27 bits per heavy atom. The van der Waals surface area contributed by atoms with Gasteiger partial charge in [-0.25, -0.2) is 0 Å². The van der Waals surface area contributed by atoms with Crippen molar-refractivity contribution in [2.45, 2.75) is 45.3 Å². The van der Waals surface area contributed by atoms with Gasteiger partial charge in [0.15, 0.2) is 8.32 Å². The van der Waals surface area contributed by atoms with Crippen LogP contribution in [0.5, 0.6) is 0 Å². The number of aliphatic hydroxyl groups excluding tert-OH is 1. The van der Waals surface area contributed by atoms with Gasteiger partial charge in [0, 0.05) is 25.6 Å². The van der Waals surface area contributed by atoms with Gasteiger partial charge in [0.25, 0.3) is 0 Å². The average Bonchev–Trinajstić information content (AvgIpc) is 2.10. The molecule has 0 aromatic rings. The Morgan fingerprint density at radius 2 is 1.93 bits per heavy atom. The van der Waals surface area contributed by atoms with Crippen molar-refractivity contribution in [3.05, 3.63) is 0 Å². The molecule has 0 aliphatic heterocycles. The van der Waals surface area contributed by atoms with E-state index in [1.807, 2.05) is 0 Å². The molecule has 0 aliphatic rings. The molecule has 0 saturated carbocycles. The second kappa shape index (κ2) is 5.69. The van der Waals surface area contributed by atoms with Crippen LogP contribution in [-0.2, 0) is 4.43 Å². The van der Waals surface area contributed by atoms with Crippen molar-refractivity contribution in [1.82, 2.24) is 0 Å². The van der Waals surface area contributed by atoms with Crippen molar-refractivity contribution in [3.8, 4) is 12.3 Å². The molecule has 0 aromatic carbocycles. The first kappa shape index (κ1) is 14.7. The van der Waals surface area contributed by atoms with E-state index < -0.39 is 8.32 Å². The maximum absolute atomic E-state index is 9.10. The molecule has 1 atom stereocenters. The lowest BCUT2D eigenvalue weighted by Crippen LogP contribution is -2.42. The fraction of sp³-hybridized carbons (Fsp3) is 0.833. The lowest BCUT2D eigenvalue weighted by Gasteiger charge is -2.37. The van der Waals surface area contributed by atoms with Gasteiger partial charge in [-0.1, -0.05) is 20.8 Å². The lowest BCUT2D eigenvalue weighted by molar-refractivity contribution is 0.156. The smallest absolute Gasteiger partial charge is 0.191 e. The summed E-state index contributed by atoms with van der Waals surface area (Å²) in [6.45, 7) is 11.7. The molecular weight excluding hydrogens is 204 g/mol. The van der Waals surface area contributed by atoms with E-state index in [1.54, 1.807) is 0 Å². The molecule has 0 radical (unpaired) electrons. The third kappa shape index (κ3) is 4.83. The van der Waals surface area contributed by atoms with E-state index in [-0.39, 0.29) is 17.6 Å². The van der Waals surface area contributed by atoms with Crippen molar-refractivity contribution in [2.24, 2.45) is 5.92 Å². The summed E-state index contributed by atoms with van der Waals surface area (Å²) in [7, 11) is -1.69. The van der Waals surface area contributed by atoms with E-state index in [0.717, 1.165) is 0 Å². The van der Waals surface area contributed by atoms with Crippen molar-refractivity contribution in [3.63, 3.8) is 0 Å². The second-order valence-electron chi connectivity index (χ2n) is 5.53. The van der Waals surface area contributed by atoms with Gasteiger partial charge in [0.05, 0.1) is 0 Å². The minimum atomic E-state index is -1.69. The molecule has 0 heterocycles. The van der Waals surface area contributed by atoms with Gasteiger partial charge in [-0.3, -0.25) is 0 Å². The average molecular weight is 228 g/mol. The standard InChI is InChI=1S/C12H24O2Si/c1-7-8-11(9-13)10-14-15(5,6)12(2,3)4/h1,11,13H,8-10H2,2-6H3. The molecule has 0 saturated heterocycles. The quantitative estimate of drug-likeness (QED) is 0.579. The van der Waals surface area contributed by atoms with Crippen LogP contribution >= 0.6 is 0 Å². The van der Waals surface area contributed by atoms with E-state index in [4.69, 9.17) is 16.0 Å². The number of aliphatic hydroxyl groups is 1. The Labute approximate surface area is 95.2 Å². The molecular formula is C12H24O2Si. The molecule has 0 fully saturated rings. The van der Waals surface area contributed by atoms with E-state index in [2.05, 4.69) is 39.8 Å². The highest BCUT2D eigenvalue weighted by Crippen LogP contribution is 2.36. The Kier molecular flexibility index (Phi) is 5.58. The van der Waals surface area contributed by atoms with E-state index in [1.165, 1.54) is 0 Å². The number of hydrogen-bond acceptors (Lipinski definition) is 2. The summed E-state index contributed by atoms with van der Waals surface area (Å²) in [5.74, 6) is 2.66. The van der Waals surface area contributed by atoms with Crippen molar-refractivity contribution in [2.75, 3.05) is 13.2 Å². The molecule has 0 bridgehead atoms. The first-order valence-electron chi connectivity index (χ1n) is 5.43. The van der Waals surface area contributed by atoms with Crippen LogP contribution in [0.1, 0.15) is 27.2 Å². The third-order valence-corrected chi connectivity index (χ3v) is 7.65. The predicted molar refractivity (Wildman–Crippen MR) is 67.2 cm³/mol. The molecule has 0 aromatic heterocycles. The third-order valence-electron chi connectivity index (χ3n) is 3.15. The van der Waals surface area contributed by atoms with Gasteiger partial charge >= 0.3 is 0 Å². The summed E-state index contributed by atoms with van der Waals surface area (Å²) in [5.41, 5.74) is 0. The van der Waals surface area contributed by atoms with Gasteiger partial charge < -0.3 is 9.53 Å². The first-order chi connectivity index (χ1) is 6.74. The van der Waals surface area contributed by atoms with Crippen LogP contribution in [0.2, 0.25) is 18.1 Å². The SMILES string of the molecule is C#CCC(CO)CO[Si](C)(C)C(C)(C)C. The predicted octanol–water partition coefficient (Wildman–Crippen LogP) is 2.64.